The lowest BCUT2D eigenvalue weighted by Gasteiger charge is -2.27. The lowest BCUT2D eigenvalue weighted by atomic mass is 9.91. The summed E-state index contributed by atoms with van der Waals surface area (Å²) in [4.78, 5) is 0. The Bertz CT molecular complexity index is 431. The van der Waals surface area contributed by atoms with E-state index in [1.54, 1.807) is 6.07 Å². The van der Waals surface area contributed by atoms with Crippen LogP contribution in [0.4, 0.5) is 13.2 Å². The standard InChI is InChI=1S/C14H20F3NO2/c1-10(2)18-9-8-13(3,19)11-6-4-5-7-12(11)20-14(15,16)17/h4-7,10,18-19H,8-9H2,1-3H3. The van der Waals surface area contributed by atoms with Gasteiger partial charge in [-0.25, -0.2) is 0 Å². The Kier molecular flexibility index (Phi) is 5.42. The molecule has 0 spiro atoms. The van der Waals surface area contributed by atoms with Gasteiger partial charge in [0.25, 0.3) is 0 Å². The number of hydrogen-bond acceptors (Lipinski definition) is 3. The van der Waals surface area contributed by atoms with Gasteiger partial charge in [0, 0.05) is 11.6 Å². The predicted octanol–water partition coefficient (Wildman–Crippen LogP) is 3.18. The van der Waals surface area contributed by atoms with Gasteiger partial charge in [0.1, 0.15) is 5.75 Å². The van der Waals surface area contributed by atoms with Gasteiger partial charge in [-0.3, -0.25) is 0 Å². The van der Waals surface area contributed by atoms with Crippen LogP contribution in [0.5, 0.6) is 5.75 Å². The first kappa shape index (κ1) is 16.8. The molecule has 1 aromatic rings. The Hall–Kier alpha value is -1.27. The lowest BCUT2D eigenvalue weighted by molar-refractivity contribution is -0.275. The topological polar surface area (TPSA) is 41.5 Å². The molecule has 0 aliphatic rings. The van der Waals surface area contributed by atoms with E-state index in [0.717, 1.165) is 0 Å². The molecule has 3 nitrogen and oxygen atoms in total. The summed E-state index contributed by atoms with van der Waals surface area (Å²) in [5.41, 5.74) is -1.27. The minimum atomic E-state index is -4.78. The zero-order valence-electron chi connectivity index (χ0n) is 11.8. The number of rotatable bonds is 6. The third-order valence-electron chi connectivity index (χ3n) is 2.86. The van der Waals surface area contributed by atoms with Crippen molar-refractivity contribution in [2.75, 3.05) is 6.54 Å². The van der Waals surface area contributed by atoms with Gasteiger partial charge in [0.15, 0.2) is 0 Å². The lowest BCUT2D eigenvalue weighted by Crippen LogP contribution is -2.32. The molecule has 114 valence electrons. The van der Waals surface area contributed by atoms with Crippen molar-refractivity contribution in [2.24, 2.45) is 0 Å². The number of aliphatic hydroxyl groups is 1. The largest absolute Gasteiger partial charge is 0.573 e. The molecule has 0 aliphatic carbocycles. The number of benzene rings is 1. The molecule has 1 atom stereocenters. The molecule has 0 heterocycles. The number of nitrogens with one attached hydrogen (secondary N) is 1. The van der Waals surface area contributed by atoms with E-state index in [1.165, 1.54) is 25.1 Å². The number of halogens is 3. The number of para-hydroxylation sites is 1. The molecule has 0 fully saturated rings. The summed E-state index contributed by atoms with van der Waals surface area (Å²) in [5.74, 6) is -0.366. The molecule has 0 bridgehead atoms. The van der Waals surface area contributed by atoms with Crippen LogP contribution in [0.2, 0.25) is 0 Å². The fourth-order valence-electron chi connectivity index (χ4n) is 1.86. The van der Waals surface area contributed by atoms with Gasteiger partial charge in [-0.2, -0.15) is 0 Å². The van der Waals surface area contributed by atoms with E-state index >= 15 is 0 Å². The van der Waals surface area contributed by atoms with Crippen LogP contribution >= 0.6 is 0 Å². The SMILES string of the molecule is CC(C)NCCC(C)(O)c1ccccc1OC(F)(F)F. The third-order valence-corrected chi connectivity index (χ3v) is 2.86. The highest BCUT2D eigenvalue weighted by Gasteiger charge is 2.35. The van der Waals surface area contributed by atoms with E-state index in [9.17, 15) is 18.3 Å². The fourth-order valence-corrected chi connectivity index (χ4v) is 1.86. The second-order valence-electron chi connectivity index (χ2n) is 5.18. The second-order valence-corrected chi connectivity index (χ2v) is 5.18. The Labute approximate surface area is 116 Å². The van der Waals surface area contributed by atoms with Gasteiger partial charge in [0.2, 0.25) is 0 Å². The Morgan fingerprint density at radius 1 is 1.25 bits per heavy atom. The third kappa shape index (κ3) is 5.38. The molecule has 1 aromatic carbocycles. The first-order chi connectivity index (χ1) is 9.12. The normalized spacial score (nSPS) is 15.2. The molecule has 6 heteroatoms. The highest BCUT2D eigenvalue weighted by molar-refractivity contribution is 5.37. The monoisotopic (exact) mass is 291 g/mol. The minimum Gasteiger partial charge on any atom is -0.405 e. The summed E-state index contributed by atoms with van der Waals surface area (Å²) < 4.78 is 41.0. The van der Waals surface area contributed by atoms with Crippen molar-refractivity contribution >= 4 is 0 Å². The molecule has 0 saturated carbocycles. The molecule has 20 heavy (non-hydrogen) atoms. The highest BCUT2D eigenvalue weighted by atomic mass is 19.4. The van der Waals surface area contributed by atoms with Crippen molar-refractivity contribution in [3.8, 4) is 5.75 Å². The maximum atomic E-state index is 12.4. The molecule has 1 unspecified atom stereocenters. The van der Waals surface area contributed by atoms with E-state index in [-0.39, 0.29) is 23.8 Å². The van der Waals surface area contributed by atoms with Crippen molar-refractivity contribution in [1.29, 1.82) is 0 Å². The van der Waals surface area contributed by atoms with Gasteiger partial charge in [-0.15, -0.1) is 13.2 Å². The summed E-state index contributed by atoms with van der Waals surface area (Å²) in [7, 11) is 0. The molecule has 0 aliphatic heterocycles. The molecule has 0 aromatic heterocycles. The Balaban J connectivity index is 2.88. The number of alkyl halides is 3. The van der Waals surface area contributed by atoms with Crippen molar-refractivity contribution < 1.29 is 23.0 Å². The van der Waals surface area contributed by atoms with E-state index in [1.807, 2.05) is 13.8 Å². The van der Waals surface area contributed by atoms with Gasteiger partial charge in [0.05, 0.1) is 5.60 Å². The van der Waals surface area contributed by atoms with Crippen LogP contribution in [0.1, 0.15) is 32.8 Å². The quantitative estimate of drug-likeness (QED) is 0.846. The van der Waals surface area contributed by atoms with Crippen LogP contribution in [-0.4, -0.2) is 24.1 Å². The van der Waals surface area contributed by atoms with Crippen LogP contribution in [0.3, 0.4) is 0 Å². The molecule has 0 saturated heterocycles. The summed E-state index contributed by atoms with van der Waals surface area (Å²) in [5, 5.41) is 13.5. The van der Waals surface area contributed by atoms with Crippen molar-refractivity contribution in [3.63, 3.8) is 0 Å². The second kappa shape index (κ2) is 6.45. The Morgan fingerprint density at radius 3 is 2.40 bits per heavy atom. The smallest absolute Gasteiger partial charge is 0.405 e. The fraction of sp³-hybridized carbons (Fsp3) is 0.571. The zero-order valence-corrected chi connectivity index (χ0v) is 11.8. The first-order valence-corrected chi connectivity index (χ1v) is 6.43. The molecule has 1 rings (SSSR count). The van der Waals surface area contributed by atoms with Gasteiger partial charge in [-0.05, 0) is 26.0 Å². The van der Waals surface area contributed by atoms with Gasteiger partial charge < -0.3 is 15.2 Å². The van der Waals surface area contributed by atoms with Crippen molar-refractivity contribution in [3.05, 3.63) is 29.8 Å². The minimum absolute atomic E-state index is 0.128. The average molecular weight is 291 g/mol. The van der Waals surface area contributed by atoms with Gasteiger partial charge in [-0.1, -0.05) is 32.0 Å². The van der Waals surface area contributed by atoms with Gasteiger partial charge >= 0.3 is 6.36 Å². The van der Waals surface area contributed by atoms with E-state index in [2.05, 4.69) is 10.1 Å². The molecule has 0 radical (unpaired) electrons. The van der Waals surface area contributed by atoms with Crippen LogP contribution in [-0.2, 0) is 5.60 Å². The first-order valence-electron chi connectivity index (χ1n) is 6.43. The molecular formula is C14H20F3NO2. The maximum Gasteiger partial charge on any atom is 0.573 e. The average Bonchev–Trinajstić information content (AvgIpc) is 2.26. The summed E-state index contributed by atoms with van der Waals surface area (Å²) >= 11 is 0. The summed E-state index contributed by atoms with van der Waals surface area (Å²) in [6.45, 7) is 5.88. The van der Waals surface area contributed by atoms with Crippen LogP contribution in [0.25, 0.3) is 0 Å². The Morgan fingerprint density at radius 2 is 1.85 bits per heavy atom. The number of ether oxygens (including phenoxy) is 1. The van der Waals surface area contributed by atoms with E-state index in [4.69, 9.17) is 0 Å². The molecule has 0 amide bonds. The molecule has 2 N–H and O–H groups in total. The van der Waals surface area contributed by atoms with Crippen LogP contribution in [0.15, 0.2) is 24.3 Å². The van der Waals surface area contributed by atoms with Crippen molar-refractivity contribution in [2.45, 2.75) is 45.2 Å². The highest BCUT2D eigenvalue weighted by Crippen LogP contribution is 2.35. The number of hydrogen-bond donors (Lipinski definition) is 2. The van der Waals surface area contributed by atoms with E-state index in [0.29, 0.717) is 6.54 Å². The maximum absolute atomic E-state index is 12.4. The van der Waals surface area contributed by atoms with Crippen molar-refractivity contribution in [1.82, 2.24) is 5.32 Å². The summed E-state index contributed by atoms with van der Waals surface area (Å²) in [6, 6.07) is 5.90. The molecular weight excluding hydrogens is 271 g/mol. The van der Waals surface area contributed by atoms with E-state index < -0.39 is 12.0 Å². The predicted molar refractivity (Wildman–Crippen MR) is 70.5 cm³/mol. The van der Waals surface area contributed by atoms with Crippen LogP contribution in [0, 0.1) is 0 Å². The van der Waals surface area contributed by atoms with Crippen LogP contribution < -0.4 is 10.1 Å². The zero-order chi connectivity index (χ0) is 15.4. The summed E-state index contributed by atoms with van der Waals surface area (Å²) in [6.07, 6.45) is -4.49.